The highest BCUT2D eigenvalue weighted by atomic mass is 28.4. The lowest BCUT2D eigenvalue weighted by Gasteiger charge is -2.38. The van der Waals surface area contributed by atoms with E-state index < -0.39 is 66.0 Å². The fraction of sp³-hybridized carbons (Fsp3) is 0.455. The van der Waals surface area contributed by atoms with Crippen LogP contribution in [-0.2, 0) is 20.1 Å². The summed E-state index contributed by atoms with van der Waals surface area (Å²) in [5.74, 6) is 0. The molecule has 1 N–H and O–H groups in total. The zero-order valence-electron chi connectivity index (χ0n) is 18.8. The summed E-state index contributed by atoms with van der Waals surface area (Å²) in [6, 6.07) is 4.89. The van der Waals surface area contributed by atoms with Crippen LogP contribution in [0.3, 0.4) is 0 Å². The number of benzene rings is 2. The van der Waals surface area contributed by atoms with Crippen LogP contribution in [0.5, 0.6) is 0 Å². The predicted octanol–water partition coefficient (Wildman–Crippen LogP) is 5.31. The second-order valence-electron chi connectivity index (χ2n) is 8.72. The van der Waals surface area contributed by atoms with Crippen molar-refractivity contribution in [2.45, 2.75) is 48.7 Å². The maximum atomic E-state index is 13.9. The lowest BCUT2D eigenvalue weighted by atomic mass is 9.92. The molecule has 3 aliphatic rings. The molecule has 210 valence electrons. The summed E-state index contributed by atoms with van der Waals surface area (Å²) in [6.07, 6.45) is -22.5. The normalized spacial score (nSPS) is 21.6. The van der Waals surface area contributed by atoms with Crippen LogP contribution >= 0.6 is 0 Å². The third-order valence-electron chi connectivity index (χ3n) is 6.47. The average Bonchev–Trinajstić information content (AvgIpc) is 3.51. The van der Waals surface area contributed by atoms with Gasteiger partial charge in [0.1, 0.15) is 0 Å². The van der Waals surface area contributed by atoms with Crippen molar-refractivity contribution in [1.82, 2.24) is 5.32 Å². The second kappa shape index (κ2) is 8.86. The first-order valence-corrected chi connectivity index (χ1v) is 12.8. The van der Waals surface area contributed by atoms with Crippen molar-refractivity contribution in [3.05, 3.63) is 59.7 Å². The molecule has 0 radical (unpaired) electrons. The number of nitrogens with one attached hydrogen (secondary N) is 1. The van der Waals surface area contributed by atoms with Crippen LogP contribution in [0, 0.1) is 0 Å². The molecule has 0 saturated carbocycles. The molecular formula is C22H17F12NO2Si. The van der Waals surface area contributed by atoms with Gasteiger partial charge in [0.2, 0.25) is 0 Å². The van der Waals surface area contributed by atoms with Gasteiger partial charge in [-0.3, -0.25) is 0 Å². The van der Waals surface area contributed by atoms with E-state index in [1.54, 1.807) is 0 Å². The molecule has 2 aromatic carbocycles. The summed E-state index contributed by atoms with van der Waals surface area (Å²) in [6.45, 7) is 2.50. The van der Waals surface area contributed by atoms with Crippen molar-refractivity contribution in [1.29, 1.82) is 0 Å². The van der Waals surface area contributed by atoms with Gasteiger partial charge in [-0.25, -0.2) is 0 Å². The van der Waals surface area contributed by atoms with E-state index in [-0.39, 0.29) is 0 Å². The van der Waals surface area contributed by atoms with Gasteiger partial charge in [-0.2, -0.15) is 52.7 Å². The summed E-state index contributed by atoms with van der Waals surface area (Å²) < 4.78 is 176. The van der Waals surface area contributed by atoms with Gasteiger partial charge in [0, 0.05) is 21.5 Å². The Morgan fingerprint density at radius 2 is 0.868 bits per heavy atom. The van der Waals surface area contributed by atoms with Crippen LogP contribution < -0.4 is 15.7 Å². The van der Waals surface area contributed by atoms with Crippen molar-refractivity contribution in [3.63, 3.8) is 0 Å². The smallest absolute Gasteiger partial charge is 0.362 e. The minimum atomic E-state index is -6.31. The number of halogens is 12. The Labute approximate surface area is 208 Å². The minimum absolute atomic E-state index is 0.297. The molecule has 3 aliphatic heterocycles. The third-order valence-corrected chi connectivity index (χ3v) is 9.95. The molecule has 0 aromatic heterocycles. The number of alkyl halides is 12. The number of hydrogen-bond acceptors (Lipinski definition) is 3. The van der Waals surface area contributed by atoms with Gasteiger partial charge < -0.3 is 14.2 Å². The maximum Gasteiger partial charge on any atom is 0.429 e. The zero-order chi connectivity index (χ0) is 28.4. The molecule has 38 heavy (non-hydrogen) atoms. The summed E-state index contributed by atoms with van der Waals surface area (Å²) in [5, 5.41) is 0.921. The fourth-order valence-corrected chi connectivity index (χ4v) is 9.05. The van der Waals surface area contributed by atoms with Crippen LogP contribution in [-0.4, -0.2) is 46.4 Å². The standard InChI is InChI=1S/C18H8F12O2Si.C4H9N/c19-15(20,21)13(16(22,23)24)9-5-1-3-7-11(9)33(31-13)12-8-4-2-6-10(12)14(32-33,17(25,26)27)18(28,29)30;1-2-4-5-3-1/h1-8H;5H,1-4H2. The van der Waals surface area contributed by atoms with E-state index >= 15 is 0 Å². The molecule has 5 rings (SSSR count). The quantitative estimate of drug-likeness (QED) is 0.337. The molecule has 0 atom stereocenters. The lowest BCUT2D eigenvalue weighted by molar-refractivity contribution is -0.381. The van der Waals surface area contributed by atoms with Crippen LogP contribution in [0.1, 0.15) is 24.0 Å². The highest BCUT2D eigenvalue weighted by molar-refractivity contribution is 6.94. The molecule has 16 heteroatoms. The van der Waals surface area contributed by atoms with Crippen molar-refractivity contribution >= 4 is 18.9 Å². The van der Waals surface area contributed by atoms with E-state index in [9.17, 15) is 52.7 Å². The van der Waals surface area contributed by atoms with E-state index in [1.165, 1.54) is 25.9 Å². The molecular weight excluding hydrogens is 566 g/mol. The van der Waals surface area contributed by atoms with Gasteiger partial charge >= 0.3 is 33.3 Å². The molecule has 0 bridgehead atoms. The van der Waals surface area contributed by atoms with Crippen molar-refractivity contribution in [3.8, 4) is 0 Å². The number of fused-ring (bicyclic) bond motifs is 4. The third kappa shape index (κ3) is 3.85. The van der Waals surface area contributed by atoms with E-state index in [0.29, 0.717) is 24.3 Å². The van der Waals surface area contributed by atoms with E-state index in [0.717, 1.165) is 24.3 Å². The molecule has 1 fully saturated rings. The van der Waals surface area contributed by atoms with Gasteiger partial charge in [0.15, 0.2) is 0 Å². The average molecular weight is 583 g/mol. The Morgan fingerprint density at radius 3 is 1.13 bits per heavy atom. The SMILES string of the molecule is C1CCNC1.FC(F)(F)C1(C(F)(F)F)O[Si]2(OC(C(F)(F)F)(C(F)(F)F)c3ccccc32)c2ccccc21. The Hall–Kier alpha value is -2.30. The minimum Gasteiger partial charge on any atom is -0.362 e. The highest BCUT2D eigenvalue weighted by Gasteiger charge is 2.86. The first-order chi connectivity index (χ1) is 17.4. The Kier molecular flexibility index (Phi) is 6.69. The van der Waals surface area contributed by atoms with Gasteiger partial charge in [0.25, 0.3) is 11.2 Å². The van der Waals surface area contributed by atoms with Crippen molar-refractivity contribution < 1.29 is 61.5 Å². The largest absolute Gasteiger partial charge is 0.429 e. The van der Waals surface area contributed by atoms with Crippen LogP contribution in [0.4, 0.5) is 52.7 Å². The topological polar surface area (TPSA) is 30.5 Å². The van der Waals surface area contributed by atoms with Crippen LogP contribution in [0.2, 0.25) is 0 Å². The summed E-state index contributed by atoms with van der Waals surface area (Å²) >= 11 is 0. The van der Waals surface area contributed by atoms with Crippen molar-refractivity contribution in [2.75, 3.05) is 13.1 Å². The Bertz CT molecular complexity index is 1060. The monoisotopic (exact) mass is 583 g/mol. The van der Waals surface area contributed by atoms with Gasteiger partial charge in [-0.05, 0) is 25.9 Å². The predicted molar refractivity (Wildman–Crippen MR) is 110 cm³/mol. The first kappa shape index (κ1) is 28.7. The summed E-state index contributed by atoms with van der Waals surface area (Å²) in [4.78, 5) is 0. The fourth-order valence-electron chi connectivity index (χ4n) is 4.87. The van der Waals surface area contributed by atoms with E-state index in [2.05, 4.69) is 14.2 Å². The maximum absolute atomic E-state index is 13.9. The molecule has 0 unspecified atom stereocenters. The van der Waals surface area contributed by atoms with Gasteiger partial charge in [-0.15, -0.1) is 0 Å². The van der Waals surface area contributed by atoms with E-state index in [1.807, 2.05) is 0 Å². The molecule has 3 heterocycles. The van der Waals surface area contributed by atoms with Gasteiger partial charge in [0.05, 0.1) is 0 Å². The summed E-state index contributed by atoms with van der Waals surface area (Å²) in [7, 11) is -5.90. The highest BCUT2D eigenvalue weighted by Crippen LogP contribution is 2.62. The first-order valence-electron chi connectivity index (χ1n) is 10.9. The van der Waals surface area contributed by atoms with Crippen LogP contribution in [0.25, 0.3) is 0 Å². The van der Waals surface area contributed by atoms with Gasteiger partial charge in [-0.1, -0.05) is 48.5 Å². The molecule has 0 aliphatic carbocycles. The molecule has 3 nitrogen and oxygen atoms in total. The molecule has 2 aromatic rings. The van der Waals surface area contributed by atoms with Crippen molar-refractivity contribution in [2.24, 2.45) is 0 Å². The van der Waals surface area contributed by atoms with E-state index in [4.69, 9.17) is 0 Å². The number of hydrogen-bond donors (Lipinski definition) is 1. The summed E-state index contributed by atoms with van der Waals surface area (Å²) in [5.41, 5.74) is -13.8. The molecule has 1 saturated heterocycles. The Balaban J connectivity index is 0.000000603. The molecule has 0 amide bonds. The number of rotatable bonds is 0. The molecule has 1 spiro atoms. The zero-order valence-corrected chi connectivity index (χ0v) is 19.8. The van der Waals surface area contributed by atoms with Crippen LogP contribution in [0.15, 0.2) is 48.5 Å². The lowest BCUT2D eigenvalue weighted by Crippen LogP contribution is -2.64. The second-order valence-corrected chi connectivity index (χ2v) is 11.4. The Morgan fingerprint density at radius 1 is 0.553 bits per heavy atom.